The molecule has 0 atom stereocenters. The Labute approximate surface area is 167 Å². The smallest absolute Gasteiger partial charge is 0.344 e. The average Bonchev–Trinajstić information content (AvgIpc) is 2.72. The predicted octanol–water partition coefficient (Wildman–Crippen LogP) is 3.34. The molecule has 2 rings (SSSR count). The molecule has 0 aliphatic heterocycles. The van der Waals surface area contributed by atoms with Crippen molar-refractivity contribution in [2.45, 2.75) is 19.8 Å². The maximum absolute atomic E-state index is 13.4. The van der Waals surface area contributed by atoms with Crippen molar-refractivity contribution >= 4 is 23.5 Å². The number of halogens is 1. The zero-order valence-corrected chi connectivity index (χ0v) is 16.0. The number of rotatable bonds is 10. The quantitative estimate of drug-likeness (QED) is 0.483. The zero-order valence-electron chi connectivity index (χ0n) is 16.0. The van der Waals surface area contributed by atoms with Gasteiger partial charge in [0.15, 0.2) is 24.8 Å². The summed E-state index contributed by atoms with van der Waals surface area (Å²) in [5, 5.41) is 2.53. The highest BCUT2D eigenvalue weighted by Gasteiger charge is 2.11. The first kappa shape index (κ1) is 21.9. The molecule has 2 aromatic rings. The largest absolute Gasteiger partial charge is 0.479 e. The van der Waals surface area contributed by atoms with E-state index < -0.39 is 36.9 Å². The number of esters is 2. The summed E-state index contributed by atoms with van der Waals surface area (Å²) in [4.78, 5) is 35.3. The second kappa shape index (κ2) is 11.4. The van der Waals surface area contributed by atoms with Crippen LogP contribution >= 0.6 is 0 Å². The van der Waals surface area contributed by atoms with E-state index in [0.717, 1.165) is 12.8 Å². The summed E-state index contributed by atoms with van der Waals surface area (Å²) in [6.45, 7) is 1.31. The van der Waals surface area contributed by atoms with E-state index in [0.29, 0.717) is 17.9 Å². The first-order valence-corrected chi connectivity index (χ1v) is 9.09. The Morgan fingerprint density at radius 3 is 2.38 bits per heavy atom. The van der Waals surface area contributed by atoms with E-state index in [1.165, 1.54) is 42.5 Å². The van der Waals surface area contributed by atoms with Gasteiger partial charge in [0.2, 0.25) is 0 Å². The van der Waals surface area contributed by atoms with E-state index in [-0.39, 0.29) is 5.75 Å². The summed E-state index contributed by atoms with van der Waals surface area (Å²) in [5.74, 6) is -2.49. The Morgan fingerprint density at radius 1 is 0.966 bits per heavy atom. The van der Waals surface area contributed by atoms with Crippen LogP contribution in [0.25, 0.3) is 0 Å². The van der Waals surface area contributed by atoms with E-state index in [1.807, 2.05) is 6.92 Å². The second-order valence-corrected chi connectivity index (χ2v) is 5.99. The molecule has 0 heterocycles. The minimum Gasteiger partial charge on any atom is -0.479 e. The molecular formula is C21H22FNO6. The normalized spacial score (nSPS) is 10.1. The van der Waals surface area contributed by atoms with Crippen LogP contribution in [0, 0.1) is 5.82 Å². The first-order chi connectivity index (χ1) is 14.0. The van der Waals surface area contributed by atoms with Gasteiger partial charge < -0.3 is 19.5 Å². The number of amides is 1. The molecule has 1 N–H and O–H groups in total. The Bertz CT molecular complexity index is 837. The van der Waals surface area contributed by atoms with Crippen molar-refractivity contribution in [3.63, 3.8) is 0 Å². The fourth-order valence-corrected chi connectivity index (χ4v) is 2.17. The lowest BCUT2D eigenvalue weighted by molar-refractivity contribution is -0.149. The zero-order chi connectivity index (χ0) is 21.1. The summed E-state index contributed by atoms with van der Waals surface area (Å²) in [6, 6.07) is 11.8. The lowest BCUT2D eigenvalue weighted by Crippen LogP contribution is -2.23. The van der Waals surface area contributed by atoms with E-state index in [4.69, 9.17) is 14.2 Å². The van der Waals surface area contributed by atoms with Crippen LogP contribution in [0.5, 0.6) is 5.75 Å². The number of hydrogen-bond acceptors (Lipinski definition) is 6. The SMILES string of the molecule is CCCCOC(=O)c1ccc(NC(=O)COC(=O)COc2ccccc2F)cc1. The molecule has 8 heteroatoms. The molecular weight excluding hydrogens is 381 g/mol. The van der Waals surface area contributed by atoms with Crippen LogP contribution in [0.2, 0.25) is 0 Å². The van der Waals surface area contributed by atoms with Gasteiger partial charge in [-0.2, -0.15) is 0 Å². The van der Waals surface area contributed by atoms with Crippen molar-refractivity contribution in [2.75, 3.05) is 25.1 Å². The molecule has 0 aromatic heterocycles. The third-order valence-corrected chi connectivity index (χ3v) is 3.68. The van der Waals surface area contributed by atoms with E-state index in [2.05, 4.69) is 5.32 Å². The Kier molecular flexibility index (Phi) is 8.62. The summed E-state index contributed by atoms with van der Waals surface area (Å²) in [5.41, 5.74) is 0.801. The number of para-hydroxylation sites is 1. The van der Waals surface area contributed by atoms with Crippen molar-refractivity contribution in [1.29, 1.82) is 0 Å². The number of carbonyl (C=O) groups excluding carboxylic acids is 3. The first-order valence-electron chi connectivity index (χ1n) is 9.09. The molecule has 7 nitrogen and oxygen atoms in total. The van der Waals surface area contributed by atoms with Gasteiger partial charge in [-0.25, -0.2) is 14.0 Å². The highest BCUT2D eigenvalue weighted by molar-refractivity contribution is 5.94. The van der Waals surface area contributed by atoms with Crippen molar-refractivity contribution < 1.29 is 33.0 Å². The average molecular weight is 403 g/mol. The van der Waals surface area contributed by atoms with Crippen LogP contribution in [0.4, 0.5) is 10.1 Å². The highest BCUT2D eigenvalue weighted by Crippen LogP contribution is 2.15. The van der Waals surface area contributed by atoms with Crippen molar-refractivity contribution in [3.05, 3.63) is 59.9 Å². The van der Waals surface area contributed by atoms with E-state index in [1.54, 1.807) is 6.07 Å². The molecule has 0 radical (unpaired) electrons. The van der Waals surface area contributed by atoms with Gasteiger partial charge in [0.05, 0.1) is 12.2 Å². The number of ether oxygens (including phenoxy) is 3. The van der Waals surface area contributed by atoms with Gasteiger partial charge in [0, 0.05) is 5.69 Å². The third kappa shape index (κ3) is 7.61. The molecule has 0 fully saturated rings. The summed E-state index contributed by atoms with van der Waals surface area (Å²) in [7, 11) is 0. The number of benzene rings is 2. The highest BCUT2D eigenvalue weighted by atomic mass is 19.1. The van der Waals surface area contributed by atoms with Gasteiger partial charge in [-0.15, -0.1) is 0 Å². The van der Waals surface area contributed by atoms with Gasteiger partial charge in [-0.3, -0.25) is 4.79 Å². The van der Waals surface area contributed by atoms with Crippen molar-refractivity contribution in [2.24, 2.45) is 0 Å². The summed E-state index contributed by atoms with van der Waals surface area (Å²) < 4.78 is 28.3. The number of hydrogen-bond donors (Lipinski definition) is 1. The number of unbranched alkanes of at least 4 members (excludes halogenated alkanes) is 1. The lowest BCUT2D eigenvalue weighted by atomic mass is 10.2. The van der Waals surface area contributed by atoms with Crippen molar-refractivity contribution in [1.82, 2.24) is 0 Å². The molecule has 0 saturated carbocycles. The molecule has 0 spiro atoms. The minimum absolute atomic E-state index is 0.0813. The molecule has 0 saturated heterocycles. The molecule has 0 aliphatic rings. The van der Waals surface area contributed by atoms with Crippen LogP contribution in [-0.2, 0) is 19.1 Å². The molecule has 0 unspecified atom stereocenters. The number of nitrogens with one attached hydrogen (secondary N) is 1. The van der Waals surface area contributed by atoms with E-state index in [9.17, 15) is 18.8 Å². The molecule has 0 aliphatic carbocycles. The fourth-order valence-electron chi connectivity index (χ4n) is 2.17. The molecule has 1 amide bonds. The van der Waals surface area contributed by atoms with Crippen LogP contribution in [0.15, 0.2) is 48.5 Å². The Morgan fingerprint density at radius 2 is 1.69 bits per heavy atom. The predicted molar refractivity (Wildman–Crippen MR) is 103 cm³/mol. The lowest BCUT2D eigenvalue weighted by Gasteiger charge is -2.09. The van der Waals surface area contributed by atoms with Gasteiger partial charge in [0.25, 0.3) is 5.91 Å². The van der Waals surface area contributed by atoms with Gasteiger partial charge in [-0.05, 0) is 42.8 Å². The van der Waals surface area contributed by atoms with Crippen LogP contribution < -0.4 is 10.1 Å². The Hall–Kier alpha value is -3.42. The number of anilines is 1. The molecule has 0 bridgehead atoms. The topological polar surface area (TPSA) is 90.9 Å². The van der Waals surface area contributed by atoms with Crippen molar-refractivity contribution in [3.8, 4) is 5.75 Å². The summed E-state index contributed by atoms with van der Waals surface area (Å²) >= 11 is 0. The van der Waals surface area contributed by atoms with Gasteiger partial charge >= 0.3 is 11.9 Å². The Balaban J connectivity index is 1.72. The summed E-state index contributed by atoms with van der Waals surface area (Å²) in [6.07, 6.45) is 1.72. The fraction of sp³-hybridized carbons (Fsp3) is 0.286. The maximum Gasteiger partial charge on any atom is 0.344 e. The van der Waals surface area contributed by atoms with Gasteiger partial charge in [0.1, 0.15) is 0 Å². The minimum atomic E-state index is -0.812. The van der Waals surface area contributed by atoms with Crippen LogP contribution in [0.1, 0.15) is 30.1 Å². The maximum atomic E-state index is 13.4. The second-order valence-electron chi connectivity index (χ2n) is 5.99. The molecule has 29 heavy (non-hydrogen) atoms. The van der Waals surface area contributed by atoms with Gasteiger partial charge in [-0.1, -0.05) is 25.5 Å². The third-order valence-electron chi connectivity index (χ3n) is 3.68. The van der Waals surface area contributed by atoms with E-state index >= 15 is 0 Å². The standard InChI is InChI=1S/C21H22FNO6/c1-2-3-12-27-21(26)15-8-10-16(11-9-15)23-19(24)13-29-20(25)14-28-18-7-5-4-6-17(18)22/h4-11H,2-3,12-14H2,1H3,(H,23,24). The van der Waals surface area contributed by atoms with Crippen LogP contribution in [-0.4, -0.2) is 37.7 Å². The molecule has 2 aromatic carbocycles. The number of carbonyl (C=O) groups is 3. The monoisotopic (exact) mass is 403 g/mol. The van der Waals surface area contributed by atoms with Crippen LogP contribution in [0.3, 0.4) is 0 Å². The molecule has 154 valence electrons.